The first kappa shape index (κ1) is 24.7. The van der Waals surface area contributed by atoms with E-state index in [-0.39, 0.29) is 11.9 Å². The molecular formula is C23H34N2O6. The lowest BCUT2D eigenvalue weighted by molar-refractivity contribution is -0.142. The van der Waals surface area contributed by atoms with E-state index in [1.807, 2.05) is 20.8 Å². The van der Waals surface area contributed by atoms with Crippen LogP contribution in [0.15, 0.2) is 24.3 Å². The summed E-state index contributed by atoms with van der Waals surface area (Å²) in [5, 5.41) is 5.81. The maximum absolute atomic E-state index is 13.4. The van der Waals surface area contributed by atoms with Crippen LogP contribution in [0.4, 0.5) is 4.79 Å². The molecule has 1 fully saturated rings. The molecule has 2 N–H and O–H groups in total. The van der Waals surface area contributed by atoms with Crippen LogP contribution in [0.2, 0.25) is 0 Å². The number of hydrogen-bond donors (Lipinski definition) is 2. The highest BCUT2D eigenvalue weighted by atomic mass is 16.6. The van der Waals surface area contributed by atoms with Crippen molar-refractivity contribution in [2.45, 2.75) is 77.2 Å². The van der Waals surface area contributed by atoms with Gasteiger partial charge < -0.3 is 24.8 Å². The van der Waals surface area contributed by atoms with Crippen LogP contribution in [-0.4, -0.2) is 48.4 Å². The van der Waals surface area contributed by atoms with E-state index in [9.17, 15) is 14.4 Å². The summed E-state index contributed by atoms with van der Waals surface area (Å²) in [5.74, 6) is -0.729. The maximum atomic E-state index is 13.4. The SMILES string of the molecule is COC(=O)c1ccc([C@H](C)NC(=O)C2(NC(=O)OC(C)(C)C)CCOC(C)(C)C2)cc1. The number of amides is 2. The molecule has 1 unspecified atom stereocenters. The van der Waals surface area contributed by atoms with Gasteiger partial charge in [-0.1, -0.05) is 12.1 Å². The van der Waals surface area contributed by atoms with Crippen molar-refractivity contribution < 1.29 is 28.6 Å². The van der Waals surface area contributed by atoms with Crippen LogP contribution >= 0.6 is 0 Å². The first-order valence-electron chi connectivity index (χ1n) is 10.4. The van der Waals surface area contributed by atoms with Crippen LogP contribution in [0.25, 0.3) is 0 Å². The second kappa shape index (κ2) is 9.26. The third-order valence-corrected chi connectivity index (χ3v) is 5.10. The minimum atomic E-state index is -1.16. The van der Waals surface area contributed by atoms with Gasteiger partial charge in [-0.15, -0.1) is 0 Å². The lowest BCUT2D eigenvalue weighted by Crippen LogP contribution is -2.64. The topological polar surface area (TPSA) is 103 Å². The molecule has 8 nitrogen and oxygen atoms in total. The van der Waals surface area contributed by atoms with E-state index in [0.717, 1.165) is 5.56 Å². The van der Waals surface area contributed by atoms with Crippen molar-refractivity contribution in [1.82, 2.24) is 10.6 Å². The predicted molar refractivity (Wildman–Crippen MR) is 116 cm³/mol. The van der Waals surface area contributed by atoms with Gasteiger partial charge in [0.2, 0.25) is 5.91 Å². The van der Waals surface area contributed by atoms with Gasteiger partial charge in [-0.05, 0) is 59.2 Å². The summed E-state index contributed by atoms with van der Waals surface area (Å²) in [6.07, 6.45) is -0.00961. The first-order valence-corrected chi connectivity index (χ1v) is 10.4. The Morgan fingerprint density at radius 1 is 1.13 bits per heavy atom. The average Bonchev–Trinajstić information content (AvgIpc) is 2.64. The Kier molecular flexibility index (Phi) is 7.36. The lowest BCUT2D eigenvalue weighted by Gasteiger charge is -2.44. The minimum absolute atomic E-state index is 0.305. The molecule has 1 heterocycles. The zero-order chi connectivity index (χ0) is 23.4. The van der Waals surface area contributed by atoms with E-state index in [1.165, 1.54) is 7.11 Å². The molecular weight excluding hydrogens is 400 g/mol. The molecule has 0 radical (unpaired) electrons. The zero-order valence-corrected chi connectivity index (χ0v) is 19.5. The Morgan fingerprint density at radius 3 is 2.26 bits per heavy atom. The molecule has 0 aromatic heterocycles. The molecule has 0 aliphatic carbocycles. The quantitative estimate of drug-likeness (QED) is 0.688. The number of rotatable bonds is 5. The number of methoxy groups -OCH3 is 1. The van der Waals surface area contributed by atoms with E-state index in [4.69, 9.17) is 14.2 Å². The highest BCUT2D eigenvalue weighted by molar-refractivity contribution is 5.91. The van der Waals surface area contributed by atoms with E-state index < -0.39 is 28.8 Å². The number of carbonyl (C=O) groups excluding carboxylic acids is 3. The monoisotopic (exact) mass is 434 g/mol. The van der Waals surface area contributed by atoms with E-state index in [1.54, 1.807) is 45.0 Å². The normalized spacial score (nSPS) is 21.5. The fourth-order valence-electron chi connectivity index (χ4n) is 3.67. The molecule has 0 spiro atoms. The Bertz CT molecular complexity index is 812. The van der Waals surface area contributed by atoms with Crippen molar-refractivity contribution in [2.24, 2.45) is 0 Å². The van der Waals surface area contributed by atoms with Crippen LogP contribution in [0.3, 0.4) is 0 Å². The first-order chi connectivity index (χ1) is 14.3. The summed E-state index contributed by atoms with van der Waals surface area (Å²) < 4.78 is 15.9. The molecule has 0 saturated carbocycles. The summed E-state index contributed by atoms with van der Waals surface area (Å²) in [7, 11) is 1.32. The molecule has 2 atom stereocenters. The second-order valence-electron chi connectivity index (χ2n) is 9.55. The summed E-state index contributed by atoms with van der Waals surface area (Å²) in [6, 6.07) is 6.48. The Morgan fingerprint density at radius 2 is 1.74 bits per heavy atom. The smallest absolute Gasteiger partial charge is 0.408 e. The summed E-state index contributed by atoms with van der Waals surface area (Å²) >= 11 is 0. The Balaban J connectivity index is 2.20. The molecule has 2 amide bonds. The average molecular weight is 435 g/mol. The van der Waals surface area contributed by atoms with Crippen molar-refractivity contribution in [3.63, 3.8) is 0 Å². The van der Waals surface area contributed by atoms with E-state index >= 15 is 0 Å². The van der Waals surface area contributed by atoms with Crippen LogP contribution in [0.5, 0.6) is 0 Å². The molecule has 1 aromatic carbocycles. The number of benzene rings is 1. The number of hydrogen-bond acceptors (Lipinski definition) is 6. The van der Waals surface area contributed by atoms with Gasteiger partial charge in [0.05, 0.1) is 30.9 Å². The highest BCUT2D eigenvalue weighted by Gasteiger charge is 2.48. The van der Waals surface area contributed by atoms with Crippen LogP contribution in [-0.2, 0) is 19.0 Å². The van der Waals surface area contributed by atoms with Gasteiger partial charge in [-0.2, -0.15) is 0 Å². The number of alkyl carbamates (subject to hydrolysis) is 1. The summed E-state index contributed by atoms with van der Waals surface area (Å²) in [6.45, 7) is 11.3. The number of esters is 1. The van der Waals surface area contributed by atoms with Crippen molar-refractivity contribution in [1.29, 1.82) is 0 Å². The molecule has 172 valence electrons. The van der Waals surface area contributed by atoms with E-state index in [0.29, 0.717) is 25.0 Å². The number of carbonyl (C=O) groups is 3. The molecule has 1 saturated heterocycles. The standard InChI is InChI=1S/C23H34N2O6/c1-15(16-8-10-17(11-9-16)18(26)29-7)24-19(27)23(12-13-30-22(5,6)14-23)25-20(28)31-21(2,3)4/h8-11,15H,12-14H2,1-7H3,(H,24,27)(H,25,28)/t15-,23?/m0/s1. The van der Waals surface area contributed by atoms with Gasteiger partial charge in [-0.25, -0.2) is 9.59 Å². The molecule has 8 heteroatoms. The Labute approximate surface area is 184 Å². The second-order valence-corrected chi connectivity index (χ2v) is 9.55. The number of ether oxygens (including phenoxy) is 3. The highest BCUT2D eigenvalue weighted by Crippen LogP contribution is 2.33. The third kappa shape index (κ3) is 6.69. The Hall–Kier alpha value is -2.61. The molecule has 31 heavy (non-hydrogen) atoms. The van der Waals surface area contributed by atoms with Crippen LogP contribution in [0.1, 0.15) is 76.3 Å². The van der Waals surface area contributed by atoms with Crippen LogP contribution < -0.4 is 10.6 Å². The minimum Gasteiger partial charge on any atom is -0.465 e. The van der Waals surface area contributed by atoms with Crippen LogP contribution in [0, 0.1) is 0 Å². The lowest BCUT2D eigenvalue weighted by atomic mass is 9.80. The van der Waals surface area contributed by atoms with Gasteiger partial charge in [0, 0.05) is 12.8 Å². The fourth-order valence-corrected chi connectivity index (χ4v) is 3.67. The van der Waals surface area contributed by atoms with Gasteiger partial charge in [0.1, 0.15) is 11.1 Å². The van der Waals surface area contributed by atoms with Crippen molar-refractivity contribution in [3.8, 4) is 0 Å². The molecule has 0 bridgehead atoms. The maximum Gasteiger partial charge on any atom is 0.408 e. The third-order valence-electron chi connectivity index (χ3n) is 5.10. The zero-order valence-electron chi connectivity index (χ0n) is 19.5. The van der Waals surface area contributed by atoms with Crippen molar-refractivity contribution in [2.75, 3.05) is 13.7 Å². The summed E-state index contributed by atoms with van der Waals surface area (Å²) in [5.41, 5.74) is -1.18. The van der Waals surface area contributed by atoms with Crippen molar-refractivity contribution >= 4 is 18.0 Å². The molecule has 2 rings (SSSR count). The van der Waals surface area contributed by atoms with Gasteiger partial charge in [0.15, 0.2) is 0 Å². The number of nitrogens with one attached hydrogen (secondary N) is 2. The van der Waals surface area contributed by atoms with E-state index in [2.05, 4.69) is 10.6 Å². The molecule has 1 aliphatic heterocycles. The van der Waals surface area contributed by atoms with Gasteiger partial charge in [0.25, 0.3) is 0 Å². The van der Waals surface area contributed by atoms with Crippen molar-refractivity contribution in [3.05, 3.63) is 35.4 Å². The molecule has 1 aromatic rings. The van der Waals surface area contributed by atoms with Gasteiger partial charge >= 0.3 is 12.1 Å². The largest absolute Gasteiger partial charge is 0.465 e. The predicted octanol–water partition coefficient (Wildman–Crippen LogP) is 3.50. The fraction of sp³-hybridized carbons (Fsp3) is 0.609. The molecule has 1 aliphatic rings. The summed E-state index contributed by atoms with van der Waals surface area (Å²) in [4.78, 5) is 37.6. The van der Waals surface area contributed by atoms with Gasteiger partial charge in [-0.3, -0.25) is 4.79 Å².